The second kappa shape index (κ2) is 10.1. The predicted octanol–water partition coefficient (Wildman–Crippen LogP) is 1.82. The molecule has 0 aliphatic heterocycles. The largest absolute Gasteiger partial charge is 0.466 e. The number of rotatable bonds is 10. The fraction of sp³-hybridized carbons (Fsp3) is 0.600. The molecule has 6 heteroatoms. The van der Waals surface area contributed by atoms with Crippen LogP contribution >= 0.6 is 0 Å². The second-order valence-corrected chi connectivity index (χ2v) is 4.51. The standard InChI is InChI=1S/C15H23NO5/c1-4-20-15(17)12(2)9-13-5-6-14(10-16-13)21-11-19-8-7-18-3/h5-6,10,12H,4,7-9,11H2,1-3H3. The van der Waals surface area contributed by atoms with E-state index in [1.165, 1.54) is 0 Å². The zero-order chi connectivity index (χ0) is 15.5. The molecule has 1 heterocycles. The van der Waals surface area contributed by atoms with Crippen LogP contribution in [0.1, 0.15) is 19.5 Å². The quantitative estimate of drug-likeness (QED) is 0.373. The lowest BCUT2D eigenvalue weighted by Crippen LogP contribution is -2.17. The molecule has 1 rings (SSSR count). The third-order valence-electron chi connectivity index (χ3n) is 2.74. The molecule has 1 unspecified atom stereocenters. The Morgan fingerprint density at radius 3 is 2.76 bits per heavy atom. The molecule has 1 atom stereocenters. The smallest absolute Gasteiger partial charge is 0.309 e. The van der Waals surface area contributed by atoms with Crippen LogP contribution in [-0.4, -0.2) is 44.7 Å². The number of pyridine rings is 1. The van der Waals surface area contributed by atoms with E-state index < -0.39 is 0 Å². The topological polar surface area (TPSA) is 66.9 Å². The summed E-state index contributed by atoms with van der Waals surface area (Å²) in [5.41, 5.74) is 0.822. The molecule has 0 aliphatic rings. The van der Waals surface area contributed by atoms with Crippen LogP contribution in [0.5, 0.6) is 5.75 Å². The van der Waals surface area contributed by atoms with Crippen molar-refractivity contribution in [2.24, 2.45) is 5.92 Å². The Morgan fingerprint density at radius 2 is 2.14 bits per heavy atom. The number of carbonyl (C=O) groups is 1. The van der Waals surface area contributed by atoms with Crippen molar-refractivity contribution >= 4 is 5.97 Å². The van der Waals surface area contributed by atoms with Crippen LogP contribution in [0.4, 0.5) is 0 Å². The van der Waals surface area contributed by atoms with Gasteiger partial charge in [-0.3, -0.25) is 9.78 Å². The Balaban J connectivity index is 2.34. The Bertz CT molecular complexity index is 407. The van der Waals surface area contributed by atoms with Gasteiger partial charge in [0.05, 0.1) is 31.9 Å². The maximum Gasteiger partial charge on any atom is 0.309 e. The molecule has 0 amide bonds. The van der Waals surface area contributed by atoms with Gasteiger partial charge in [0.1, 0.15) is 5.75 Å². The van der Waals surface area contributed by atoms with Crippen LogP contribution in [-0.2, 0) is 25.4 Å². The summed E-state index contributed by atoms with van der Waals surface area (Å²) < 4.78 is 20.4. The molecule has 0 N–H and O–H groups in total. The van der Waals surface area contributed by atoms with Crippen molar-refractivity contribution in [3.05, 3.63) is 24.0 Å². The molecule has 1 aromatic heterocycles. The molecule has 0 fully saturated rings. The first-order chi connectivity index (χ1) is 10.2. The van der Waals surface area contributed by atoms with Gasteiger partial charge in [0, 0.05) is 19.2 Å². The van der Waals surface area contributed by atoms with Gasteiger partial charge < -0.3 is 18.9 Å². The van der Waals surface area contributed by atoms with Gasteiger partial charge in [-0.1, -0.05) is 6.92 Å². The number of ether oxygens (including phenoxy) is 4. The minimum Gasteiger partial charge on any atom is -0.466 e. The van der Waals surface area contributed by atoms with Crippen LogP contribution in [0.15, 0.2) is 18.3 Å². The number of carbonyl (C=O) groups excluding carboxylic acids is 1. The van der Waals surface area contributed by atoms with Crippen LogP contribution in [0.3, 0.4) is 0 Å². The molecule has 21 heavy (non-hydrogen) atoms. The first-order valence-electron chi connectivity index (χ1n) is 6.98. The first kappa shape index (κ1) is 17.4. The molecule has 0 aromatic carbocycles. The summed E-state index contributed by atoms with van der Waals surface area (Å²) in [6.45, 7) is 5.19. The molecule has 0 aliphatic carbocycles. The number of esters is 1. The van der Waals surface area contributed by atoms with E-state index in [1.54, 1.807) is 26.3 Å². The normalized spacial score (nSPS) is 12.0. The molecule has 6 nitrogen and oxygen atoms in total. The molecular weight excluding hydrogens is 274 g/mol. The molecule has 1 aromatic rings. The number of nitrogens with zero attached hydrogens (tertiary/aromatic N) is 1. The SMILES string of the molecule is CCOC(=O)C(C)Cc1ccc(OCOCCOC)cn1. The monoisotopic (exact) mass is 297 g/mol. The molecule has 0 spiro atoms. The number of aromatic nitrogens is 1. The summed E-state index contributed by atoms with van der Waals surface area (Å²) in [6, 6.07) is 3.64. The zero-order valence-electron chi connectivity index (χ0n) is 12.8. The third kappa shape index (κ3) is 7.06. The van der Waals surface area contributed by atoms with E-state index in [0.29, 0.717) is 32.0 Å². The van der Waals surface area contributed by atoms with E-state index in [9.17, 15) is 4.79 Å². The minimum atomic E-state index is -0.207. The summed E-state index contributed by atoms with van der Waals surface area (Å²) in [4.78, 5) is 15.8. The number of hydrogen-bond donors (Lipinski definition) is 0. The van der Waals surface area contributed by atoms with Crippen LogP contribution < -0.4 is 4.74 Å². The van der Waals surface area contributed by atoms with Crippen molar-refractivity contribution < 1.29 is 23.7 Å². The van der Waals surface area contributed by atoms with Gasteiger partial charge in [-0.25, -0.2) is 0 Å². The van der Waals surface area contributed by atoms with Crippen molar-refractivity contribution in [3.8, 4) is 5.75 Å². The van der Waals surface area contributed by atoms with Crippen LogP contribution in [0.2, 0.25) is 0 Å². The lowest BCUT2D eigenvalue weighted by atomic mass is 10.1. The van der Waals surface area contributed by atoms with Gasteiger partial charge >= 0.3 is 5.97 Å². The van der Waals surface area contributed by atoms with Crippen LogP contribution in [0.25, 0.3) is 0 Å². The summed E-state index contributed by atoms with van der Waals surface area (Å²) >= 11 is 0. The van der Waals surface area contributed by atoms with E-state index in [4.69, 9.17) is 18.9 Å². The fourth-order valence-corrected chi connectivity index (χ4v) is 1.61. The molecule has 0 saturated carbocycles. The van der Waals surface area contributed by atoms with Gasteiger partial charge in [-0.05, 0) is 19.1 Å². The van der Waals surface area contributed by atoms with Crippen molar-refractivity contribution in [2.75, 3.05) is 33.7 Å². The highest BCUT2D eigenvalue weighted by molar-refractivity contribution is 5.72. The molecule has 0 radical (unpaired) electrons. The average molecular weight is 297 g/mol. The summed E-state index contributed by atoms with van der Waals surface area (Å²) in [6.07, 6.45) is 2.16. The fourth-order valence-electron chi connectivity index (χ4n) is 1.61. The Hall–Kier alpha value is -1.66. The zero-order valence-corrected chi connectivity index (χ0v) is 12.8. The highest BCUT2D eigenvalue weighted by atomic mass is 16.7. The van der Waals surface area contributed by atoms with E-state index >= 15 is 0 Å². The van der Waals surface area contributed by atoms with E-state index in [2.05, 4.69) is 4.98 Å². The average Bonchev–Trinajstić information content (AvgIpc) is 2.49. The molecule has 0 saturated heterocycles. The molecular formula is C15H23NO5. The van der Waals surface area contributed by atoms with Crippen molar-refractivity contribution in [1.29, 1.82) is 0 Å². The predicted molar refractivity (Wildman–Crippen MR) is 77.1 cm³/mol. The first-order valence-corrected chi connectivity index (χ1v) is 6.98. The van der Waals surface area contributed by atoms with Gasteiger partial charge in [-0.15, -0.1) is 0 Å². The second-order valence-electron chi connectivity index (χ2n) is 4.51. The number of methoxy groups -OCH3 is 1. The molecule has 118 valence electrons. The maximum atomic E-state index is 11.5. The van der Waals surface area contributed by atoms with E-state index in [0.717, 1.165) is 5.69 Å². The summed E-state index contributed by atoms with van der Waals surface area (Å²) in [5.74, 6) is 0.215. The van der Waals surface area contributed by atoms with Crippen LogP contribution in [0, 0.1) is 5.92 Å². The lowest BCUT2D eigenvalue weighted by Gasteiger charge is -2.10. The summed E-state index contributed by atoms with van der Waals surface area (Å²) in [7, 11) is 1.62. The van der Waals surface area contributed by atoms with Gasteiger partial charge in [0.25, 0.3) is 0 Å². The van der Waals surface area contributed by atoms with E-state index in [-0.39, 0.29) is 18.7 Å². The highest BCUT2D eigenvalue weighted by Crippen LogP contribution is 2.13. The molecule has 0 bridgehead atoms. The van der Waals surface area contributed by atoms with Gasteiger partial charge in [-0.2, -0.15) is 0 Å². The van der Waals surface area contributed by atoms with Crippen molar-refractivity contribution in [2.45, 2.75) is 20.3 Å². The van der Waals surface area contributed by atoms with Gasteiger partial charge in [0.15, 0.2) is 6.79 Å². The Labute approximate surface area is 125 Å². The van der Waals surface area contributed by atoms with Crippen molar-refractivity contribution in [3.63, 3.8) is 0 Å². The maximum absolute atomic E-state index is 11.5. The minimum absolute atomic E-state index is 0.156. The third-order valence-corrected chi connectivity index (χ3v) is 2.74. The Kier molecular flexibility index (Phi) is 8.38. The van der Waals surface area contributed by atoms with Gasteiger partial charge in [0.2, 0.25) is 0 Å². The Morgan fingerprint density at radius 1 is 1.33 bits per heavy atom. The number of hydrogen-bond acceptors (Lipinski definition) is 6. The van der Waals surface area contributed by atoms with Crippen molar-refractivity contribution in [1.82, 2.24) is 4.98 Å². The summed E-state index contributed by atoms with van der Waals surface area (Å²) in [5, 5.41) is 0. The lowest BCUT2D eigenvalue weighted by molar-refractivity contribution is -0.147. The van der Waals surface area contributed by atoms with E-state index in [1.807, 2.05) is 13.0 Å². The highest BCUT2D eigenvalue weighted by Gasteiger charge is 2.15.